The minimum Gasteiger partial charge on any atom is -0.241 e. The van der Waals surface area contributed by atoms with Crippen LogP contribution in [0.4, 0.5) is 0 Å². The van der Waals surface area contributed by atoms with Gasteiger partial charge in [-0.1, -0.05) is 6.07 Å². The lowest BCUT2D eigenvalue weighted by Crippen LogP contribution is -1.69. The summed E-state index contributed by atoms with van der Waals surface area (Å²) < 4.78 is 0. The van der Waals surface area contributed by atoms with E-state index in [4.69, 9.17) is 0 Å². The zero-order chi connectivity index (χ0) is 11.0. The molecule has 0 aromatic carbocycles. The molecule has 0 aliphatic heterocycles. The molecule has 0 aliphatic carbocycles. The molecule has 16 heavy (non-hydrogen) atoms. The van der Waals surface area contributed by atoms with Gasteiger partial charge in [0.05, 0.1) is 4.88 Å². The molecular weight excluding hydrogens is 254 g/mol. The molecule has 0 aliphatic rings. The molecule has 80 valence electrons. The van der Waals surface area contributed by atoms with Crippen LogP contribution >= 0.6 is 34.0 Å². The Morgan fingerprint density at radius 3 is 2.56 bits per heavy atom. The van der Waals surface area contributed by atoms with Gasteiger partial charge in [0, 0.05) is 20.8 Å². The zero-order valence-electron chi connectivity index (χ0n) is 8.64. The molecule has 0 saturated heterocycles. The number of hydrogen-bond acceptors (Lipinski definition) is 4. The average molecular weight is 263 g/mol. The lowest BCUT2D eigenvalue weighted by atomic mass is 10.4. The predicted molar refractivity (Wildman–Crippen MR) is 73.5 cm³/mol. The first kappa shape index (κ1) is 10.2. The summed E-state index contributed by atoms with van der Waals surface area (Å²) in [6.07, 6.45) is 0. The van der Waals surface area contributed by atoms with Gasteiger partial charge in [-0.3, -0.25) is 0 Å². The van der Waals surface area contributed by atoms with Crippen LogP contribution in [-0.4, -0.2) is 4.98 Å². The molecule has 0 saturated carbocycles. The SMILES string of the molecule is Cc1csc(-c2ccc(-c3cccs3)s2)n1. The van der Waals surface area contributed by atoms with Gasteiger partial charge >= 0.3 is 0 Å². The van der Waals surface area contributed by atoms with E-state index in [1.54, 1.807) is 22.7 Å². The second-order valence-electron chi connectivity index (χ2n) is 3.44. The third kappa shape index (κ3) is 1.84. The normalized spacial score (nSPS) is 10.8. The van der Waals surface area contributed by atoms with Crippen LogP contribution in [0.3, 0.4) is 0 Å². The van der Waals surface area contributed by atoms with Gasteiger partial charge in [-0.15, -0.1) is 34.0 Å². The van der Waals surface area contributed by atoms with E-state index in [-0.39, 0.29) is 0 Å². The summed E-state index contributed by atoms with van der Waals surface area (Å²) in [5, 5.41) is 5.34. The Morgan fingerprint density at radius 2 is 1.88 bits per heavy atom. The predicted octanol–water partition coefficient (Wildman–Crippen LogP) is 4.91. The Balaban J connectivity index is 2.00. The summed E-state index contributed by atoms with van der Waals surface area (Å²) in [7, 11) is 0. The number of aryl methyl sites for hydroxylation is 1. The van der Waals surface area contributed by atoms with E-state index in [0.717, 1.165) is 10.7 Å². The lowest BCUT2D eigenvalue weighted by molar-refractivity contribution is 1.27. The van der Waals surface area contributed by atoms with E-state index in [1.807, 2.05) is 18.3 Å². The van der Waals surface area contributed by atoms with Gasteiger partial charge in [0.2, 0.25) is 0 Å². The van der Waals surface area contributed by atoms with Gasteiger partial charge in [0.1, 0.15) is 5.01 Å². The first-order valence-corrected chi connectivity index (χ1v) is 7.47. The first-order valence-electron chi connectivity index (χ1n) is 4.89. The number of thiophene rings is 2. The van der Waals surface area contributed by atoms with Crippen LogP contribution in [-0.2, 0) is 0 Å². The first-order chi connectivity index (χ1) is 7.83. The number of nitrogens with zero attached hydrogens (tertiary/aromatic N) is 1. The van der Waals surface area contributed by atoms with Crippen molar-refractivity contribution in [1.82, 2.24) is 4.98 Å². The molecule has 0 fully saturated rings. The number of aromatic nitrogens is 1. The largest absolute Gasteiger partial charge is 0.241 e. The lowest BCUT2D eigenvalue weighted by Gasteiger charge is -1.89. The van der Waals surface area contributed by atoms with E-state index in [9.17, 15) is 0 Å². The van der Waals surface area contributed by atoms with Crippen LogP contribution < -0.4 is 0 Å². The Labute approximate surface area is 106 Å². The minimum absolute atomic E-state index is 1.10. The van der Waals surface area contributed by atoms with E-state index in [2.05, 4.69) is 40.0 Å². The molecule has 0 unspecified atom stereocenters. The summed E-state index contributed by atoms with van der Waals surface area (Å²) in [6.45, 7) is 2.04. The topological polar surface area (TPSA) is 12.9 Å². The van der Waals surface area contributed by atoms with Gasteiger partial charge in [-0.2, -0.15) is 0 Å². The Bertz CT molecular complexity index is 589. The van der Waals surface area contributed by atoms with Crippen molar-refractivity contribution < 1.29 is 0 Å². The smallest absolute Gasteiger partial charge is 0.133 e. The fourth-order valence-electron chi connectivity index (χ4n) is 1.47. The van der Waals surface area contributed by atoms with Crippen molar-refractivity contribution in [3.05, 3.63) is 40.7 Å². The average Bonchev–Trinajstić information content (AvgIpc) is 2.97. The van der Waals surface area contributed by atoms with Crippen molar-refractivity contribution in [3.8, 4) is 19.6 Å². The standard InChI is InChI=1S/C12H9NS3/c1-8-7-15-12(13-8)11-5-4-10(16-11)9-3-2-6-14-9/h2-7H,1H3. The third-order valence-electron chi connectivity index (χ3n) is 2.20. The van der Waals surface area contributed by atoms with Gasteiger partial charge in [0.15, 0.2) is 0 Å². The molecule has 0 radical (unpaired) electrons. The van der Waals surface area contributed by atoms with Gasteiger partial charge in [-0.25, -0.2) is 4.98 Å². The van der Waals surface area contributed by atoms with Gasteiger partial charge in [-0.05, 0) is 30.5 Å². The van der Waals surface area contributed by atoms with Gasteiger partial charge in [0.25, 0.3) is 0 Å². The van der Waals surface area contributed by atoms with Crippen molar-refractivity contribution in [3.63, 3.8) is 0 Å². The zero-order valence-corrected chi connectivity index (χ0v) is 11.1. The molecule has 4 heteroatoms. The van der Waals surface area contributed by atoms with Crippen LogP contribution in [0.1, 0.15) is 5.69 Å². The maximum Gasteiger partial charge on any atom is 0.133 e. The van der Waals surface area contributed by atoms with Crippen molar-refractivity contribution in [1.29, 1.82) is 0 Å². The van der Waals surface area contributed by atoms with Crippen LogP contribution in [0.25, 0.3) is 19.6 Å². The molecule has 0 bridgehead atoms. The number of thiazole rings is 1. The molecule has 3 aromatic heterocycles. The molecule has 3 rings (SSSR count). The Kier molecular flexibility index (Phi) is 2.63. The van der Waals surface area contributed by atoms with Crippen LogP contribution in [0, 0.1) is 6.92 Å². The molecule has 0 amide bonds. The summed E-state index contributed by atoms with van der Waals surface area (Å²) in [5.41, 5.74) is 1.10. The monoisotopic (exact) mass is 263 g/mol. The highest BCUT2D eigenvalue weighted by Crippen LogP contribution is 2.37. The molecule has 3 heterocycles. The fourth-order valence-corrected chi connectivity index (χ4v) is 4.18. The number of rotatable bonds is 2. The summed E-state index contributed by atoms with van der Waals surface area (Å²) in [6, 6.07) is 8.60. The molecule has 0 spiro atoms. The summed E-state index contributed by atoms with van der Waals surface area (Å²) in [5.74, 6) is 0. The quantitative estimate of drug-likeness (QED) is 0.640. The van der Waals surface area contributed by atoms with Crippen molar-refractivity contribution in [2.45, 2.75) is 6.92 Å². The second kappa shape index (κ2) is 4.13. The second-order valence-corrected chi connectivity index (χ2v) is 6.32. The highest BCUT2D eigenvalue weighted by atomic mass is 32.1. The molecule has 1 nitrogen and oxygen atoms in total. The molecular formula is C12H9NS3. The van der Waals surface area contributed by atoms with E-state index < -0.39 is 0 Å². The molecule has 3 aromatic rings. The van der Waals surface area contributed by atoms with Gasteiger partial charge < -0.3 is 0 Å². The van der Waals surface area contributed by atoms with E-state index in [0.29, 0.717) is 0 Å². The van der Waals surface area contributed by atoms with Crippen molar-refractivity contribution >= 4 is 34.0 Å². The number of hydrogen-bond donors (Lipinski definition) is 0. The molecule has 0 atom stereocenters. The Morgan fingerprint density at radius 1 is 1.00 bits per heavy atom. The van der Waals surface area contributed by atoms with Crippen LogP contribution in [0.15, 0.2) is 35.0 Å². The van der Waals surface area contributed by atoms with Crippen LogP contribution in [0.5, 0.6) is 0 Å². The summed E-state index contributed by atoms with van der Waals surface area (Å²) in [4.78, 5) is 8.44. The van der Waals surface area contributed by atoms with E-state index >= 15 is 0 Å². The van der Waals surface area contributed by atoms with Crippen molar-refractivity contribution in [2.24, 2.45) is 0 Å². The Hall–Kier alpha value is -0.970. The van der Waals surface area contributed by atoms with Crippen molar-refractivity contribution in [2.75, 3.05) is 0 Å². The van der Waals surface area contributed by atoms with Crippen LogP contribution in [0.2, 0.25) is 0 Å². The highest BCUT2D eigenvalue weighted by Gasteiger charge is 2.07. The maximum absolute atomic E-state index is 4.51. The fraction of sp³-hybridized carbons (Fsp3) is 0.0833. The molecule has 0 N–H and O–H groups in total. The highest BCUT2D eigenvalue weighted by molar-refractivity contribution is 7.25. The minimum atomic E-state index is 1.10. The van der Waals surface area contributed by atoms with E-state index in [1.165, 1.54) is 14.6 Å². The maximum atomic E-state index is 4.51. The summed E-state index contributed by atoms with van der Waals surface area (Å²) >= 11 is 5.31. The third-order valence-corrected chi connectivity index (χ3v) is 5.48.